The third-order valence-corrected chi connectivity index (χ3v) is 6.08. The predicted molar refractivity (Wildman–Crippen MR) is 46.1 cm³/mol. The lowest BCUT2D eigenvalue weighted by Crippen LogP contribution is -1.69. The van der Waals surface area contributed by atoms with Crippen molar-refractivity contribution < 1.29 is 0 Å². The lowest BCUT2D eigenvalue weighted by molar-refractivity contribution is 2.47. The fourth-order valence-corrected chi connectivity index (χ4v) is 5.47. The molecule has 8 heavy (non-hydrogen) atoms. The summed E-state index contributed by atoms with van der Waals surface area (Å²) < 4.78 is 1.52. The van der Waals surface area contributed by atoms with Crippen LogP contribution in [-0.2, 0) is 0 Å². The summed E-state index contributed by atoms with van der Waals surface area (Å²) in [6.45, 7) is 0. The molecule has 0 saturated heterocycles. The minimum atomic E-state index is 0.437. The Kier molecular flexibility index (Phi) is 1.28. The second-order valence-corrected chi connectivity index (χ2v) is 6.04. The van der Waals surface area contributed by atoms with Gasteiger partial charge in [-0.05, 0) is 22.3 Å². The van der Waals surface area contributed by atoms with Crippen molar-refractivity contribution in [2.24, 2.45) is 0 Å². The van der Waals surface area contributed by atoms with E-state index in [1.54, 1.807) is 0 Å². The van der Waals surface area contributed by atoms with E-state index in [0.29, 0.717) is 9.52 Å². The number of rotatable bonds is 0. The molecule has 2 aliphatic rings. The molecular formula is C5H4S3. The van der Waals surface area contributed by atoms with E-state index in [0.717, 1.165) is 0 Å². The Balaban J connectivity index is 2.41. The predicted octanol–water partition coefficient (Wildman–Crippen LogP) is 2.78. The van der Waals surface area contributed by atoms with Gasteiger partial charge in [-0.1, -0.05) is 32.1 Å². The summed E-state index contributed by atoms with van der Waals surface area (Å²) in [5.41, 5.74) is 0. The van der Waals surface area contributed by atoms with E-state index in [1.807, 2.05) is 22.6 Å². The molecule has 0 spiro atoms. The van der Waals surface area contributed by atoms with Crippen LogP contribution < -0.4 is 0 Å². The zero-order valence-electron chi connectivity index (χ0n) is 4.03. The van der Waals surface area contributed by atoms with Gasteiger partial charge in [0, 0.05) is 4.20 Å². The monoisotopic (exact) mass is 160 g/mol. The summed E-state index contributed by atoms with van der Waals surface area (Å²) >= 11 is 1.85. The van der Waals surface area contributed by atoms with Gasteiger partial charge >= 0.3 is 0 Å². The Morgan fingerprint density at radius 3 is 3.25 bits per heavy atom. The highest BCUT2D eigenvalue weighted by Gasteiger charge is 2.09. The molecule has 0 radical (unpaired) electrons. The van der Waals surface area contributed by atoms with Crippen LogP contribution in [0.15, 0.2) is 22.3 Å². The Morgan fingerprint density at radius 2 is 2.38 bits per heavy atom. The molecule has 0 nitrogen and oxygen atoms in total. The van der Waals surface area contributed by atoms with Gasteiger partial charge in [0.15, 0.2) is 0 Å². The van der Waals surface area contributed by atoms with E-state index in [2.05, 4.69) is 22.3 Å². The molecule has 2 rings (SSSR count). The van der Waals surface area contributed by atoms with Gasteiger partial charge in [-0.25, -0.2) is 0 Å². The van der Waals surface area contributed by atoms with E-state index in [9.17, 15) is 0 Å². The summed E-state index contributed by atoms with van der Waals surface area (Å²) in [5.74, 6) is 0. The maximum atomic E-state index is 2.27. The summed E-state index contributed by atoms with van der Waals surface area (Å²) in [4.78, 5) is 0. The largest absolute Gasteiger partial charge is 0.0901 e. The zero-order valence-corrected chi connectivity index (χ0v) is 6.48. The van der Waals surface area contributed by atoms with Crippen LogP contribution in [0.1, 0.15) is 0 Å². The van der Waals surface area contributed by atoms with Crippen LogP contribution in [0.25, 0.3) is 0 Å². The van der Waals surface area contributed by atoms with Gasteiger partial charge < -0.3 is 0 Å². The topological polar surface area (TPSA) is 0 Å². The van der Waals surface area contributed by atoms with Crippen LogP contribution in [0.2, 0.25) is 0 Å². The SMILES string of the molecule is C1=CS2=C(C=CS2)S1. The molecular weight excluding hydrogens is 156 g/mol. The second kappa shape index (κ2) is 1.97. The first kappa shape index (κ1) is 5.21. The molecule has 2 aliphatic heterocycles. The van der Waals surface area contributed by atoms with Gasteiger partial charge in [0.25, 0.3) is 0 Å². The number of hydrogen-bond donors (Lipinski definition) is 0. The summed E-state index contributed by atoms with van der Waals surface area (Å²) in [7, 11) is 2.35. The van der Waals surface area contributed by atoms with Gasteiger partial charge in [0.2, 0.25) is 0 Å². The minimum Gasteiger partial charge on any atom is -0.0901 e. The van der Waals surface area contributed by atoms with Crippen LogP contribution in [0.4, 0.5) is 0 Å². The molecule has 0 aromatic carbocycles. The van der Waals surface area contributed by atoms with Crippen molar-refractivity contribution in [3.8, 4) is 0 Å². The molecule has 0 aromatic heterocycles. The van der Waals surface area contributed by atoms with Crippen LogP contribution in [0.3, 0.4) is 0 Å². The highest BCUT2D eigenvalue weighted by Crippen LogP contribution is 2.47. The maximum absolute atomic E-state index is 2.27. The zero-order chi connectivity index (χ0) is 5.40. The quantitative estimate of drug-likeness (QED) is 0.395. The molecule has 2 heterocycles. The first-order valence-corrected chi connectivity index (χ1v) is 5.80. The van der Waals surface area contributed by atoms with E-state index < -0.39 is 0 Å². The summed E-state index contributed by atoms with van der Waals surface area (Å²) in [6.07, 6.45) is 2.21. The van der Waals surface area contributed by atoms with Crippen molar-refractivity contribution in [1.82, 2.24) is 0 Å². The van der Waals surface area contributed by atoms with Gasteiger partial charge in [-0.3, -0.25) is 0 Å². The van der Waals surface area contributed by atoms with Crippen LogP contribution in [-0.4, -0.2) is 4.20 Å². The molecule has 0 amide bonds. The smallest absolute Gasteiger partial charge is 0.0496 e. The van der Waals surface area contributed by atoms with E-state index >= 15 is 0 Å². The van der Waals surface area contributed by atoms with Crippen molar-refractivity contribution in [2.75, 3.05) is 0 Å². The number of hydrogen-bond acceptors (Lipinski definition) is 2. The van der Waals surface area contributed by atoms with Gasteiger partial charge in [0.05, 0.1) is 0 Å². The second-order valence-electron chi connectivity index (χ2n) is 1.41. The third kappa shape index (κ3) is 0.694. The van der Waals surface area contributed by atoms with E-state index in [-0.39, 0.29) is 0 Å². The Hall–Kier alpha value is 0.400. The van der Waals surface area contributed by atoms with Gasteiger partial charge in [-0.15, -0.1) is 0 Å². The van der Waals surface area contributed by atoms with Crippen molar-refractivity contribution in [3.63, 3.8) is 0 Å². The minimum absolute atomic E-state index is 0.437. The van der Waals surface area contributed by atoms with Gasteiger partial charge in [0.1, 0.15) is 0 Å². The van der Waals surface area contributed by atoms with Crippen LogP contribution in [0.5, 0.6) is 0 Å². The normalized spacial score (nSPS) is 32.0. The maximum Gasteiger partial charge on any atom is 0.0496 e. The molecule has 3 heteroatoms. The highest BCUT2D eigenvalue weighted by atomic mass is 33.1. The molecule has 0 aliphatic carbocycles. The first-order chi connectivity index (χ1) is 3.97. The molecule has 42 valence electrons. The summed E-state index contributed by atoms with van der Waals surface area (Å²) in [6, 6.07) is 0. The molecule has 0 fully saturated rings. The molecule has 0 bridgehead atoms. The highest BCUT2D eigenvalue weighted by molar-refractivity contribution is 8.89. The van der Waals surface area contributed by atoms with Crippen molar-refractivity contribution in [2.45, 2.75) is 0 Å². The average Bonchev–Trinajstić information content (AvgIpc) is 2.15. The van der Waals surface area contributed by atoms with Crippen molar-refractivity contribution >= 4 is 36.3 Å². The fourth-order valence-electron chi connectivity index (χ4n) is 0.589. The van der Waals surface area contributed by atoms with Gasteiger partial charge in [-0.2, -0.15) is 0 Å². The Labute approximate surface area is 58.7 Å². The Bertz CT molecular complexity index is 178. The lowest BCUT2D eigenvalue weighted by Gasteiger charge is -1.86. The molecule has 1 atom stereocenters. The molecule has 0 aromatic rings. The summed E-state index contributed by atoms with van der Waals surface area (Å²) in [5, 5.41) is 6.62. The number of thioether (sulfide) groups is 1. The van der Waals surface area contributed by atoms with E-state index in [4.69, 9.17) is 0 Å². The van der Waals surface area contributed by atoms with Crippen molar-refractivity contribution in [1.29, 1.82) is 0 Å². The standard InChI is InChI=1S/C5H4S3/c1-2-7-8-4-3-6-5(1)8/h1-4H. The third-order valence-electron chi connectivity index (χ3n) is 0.925. The average molecular weight is 160 g/mol. The van der Waals surface area contributed by atoms with E-state index in [1.165, 1.54) is 4.20 Å². The van der Waals surface area contributed by atoms with Crippen LogP contribution in [0, 0.1) is 0 Å². The fraction of sp³-hybridized carbons (Fsp3) is 0. The Morgan fingerprint density at radius 1 is 1.38 bits per heavy atom. The lowest BCUT2D eigenvalue weighted by atomic mass is 10.8. The molecule has 0 N–H and O–H groups in total. The van der Waals surface area contributed by atoms with Crippen LogP contribution >= 0.6 is 32.1 Å². The molecule has 1 unspecified atom stereocenters. The first-order valence-electron chi connectivity index (χ1n) is 2.24. The molecule has 0 saturated carbocycles. The van der Waals surface area contributed by atoms with Crippen molar-refractivity contribution in [3.05, 3.63) is 22.3 Å².